The molecule has 1 aromatic heterocycles. The molecule has 96 valence electrons. The highest BCUT2D eigenvalue weighted by atomic mass is 14.7. The lowest BCUT2D eigenvalue weighted by atomic mass is 10.0. The van der Waals surface area contributed by atoms with Crippen molar-refractivity contribution in [1.82, 2.24) is 4.98 Å². The fourth-order valence-electron chi connectivity index (χ4n) is 2.50. The van der Waals surface area contributed by atoms with E-state index in [2.05, 4.69) is 44.2 Å². The lowest BCUT2D eigenvalue weighted by molar-refractivity contribution is 1.14. The molecule has 0 amide bonds. The van der Waals surface area contributed by atoms with Crippen LogP contribution in [-0.4, -0.2) is 4.98 Å². The van der Waals surface area contributed by atoms with Gasteiger partial charge in [0.2, 0.25) is 0 Å². The molecule has 0 saturated heterocycles. The van der Waals surface area contributed by atoms with Crippen LogP contribution in [0.15, 0.2) is 36.4 Å². The SMILES string of the molecule is CCc1cc(N)c2nc3cc(CC)ccc3cc2c1. The molecule has 0 bridgehead atoms. The number of nitrogens with two attached hydrogens (primary N) is 1. The molecule has 3 aromatic rings. The summed E-state index contributed by atoms with van der Waals surface area (Å²) >= 11 is 0. The van der Waals surface area contributed by atoms with Crippen molar-refractivity contribution in [3.05, 3.63) is 47.5 Å². The monoisotopic (exact) mass is 250 g/mol. The van der Waals surface area contributed by atoms with Gasteiger partial charge in [0.15, 0.2) is 0 Å². The van der Waals surface area contributed by atoms with Gasteiger partial charge in [0.05, 0.1) is 16.7 Å². The topological polar surface area (TPSA) is 38.9 Å². The van der Waals surface area contributed by atoms with Crippen LogP contribution < -0.4 is 5.73 Å². The fraction of sp³-hybridized carbons (Fsp3) is 0.235. The normalized spacial score (nSPS) is 11.3. The van der Waals surface area contributed by atoms with Gasteiger partial charge in [0, 0.05) is 10.8 Å². The zero-order valence-electron chi connectivity index (χ0n) is 11.4. The zero-order valence-corrected chi connectivity index (χ0v) is 11.4. The molecule has 2 aromatic carbocycles. The number of nitrogen functional groups attached to an aromatic ring is 1. The van der Waals surface area contributed by atoms with Gasteiger partial charge in [-0.1, -0.05) is 26.0 Å². The summed E-state index contributed by atoms with van der Waals surface area (Å²) in [6.45, 7) is 4.30. The van der Waals surface area contributed by atoms with Gasteiger partial charge in [0.1, 0.15) is 0 Å². The van der Waals surface area contributed by atoms with Crippen LogP contribution in [0.4, 0.5) is 5.69 Å². The lowest BCUT2D eigenvalue weighted by Crippen LogP contribution is -1.94. The van der Waals surface area contributed by atoms with E-state index in [4.69, 9.17) is 10.7 Å². The fourth-order valence-corrected chi connectivity index (χ4v) is 2.50. The van der Waals surface area contributed by atoms with E-state index in [0.29, 0.717) is 0 Å². The molecule has 0 spiro atoms. The van der Waals surface area contributed by atoms with Crippen molar-refractivity contribution in [1.29, 1.82) is 0 Å². The highest BCUT2D eigenvalue weighted by Crippen LogP contribution is 2.26. The molecule has 2 heteroatoms. The van der Waals surface area contributed by atoms with Crippen molar-refractivity contribution in [3.8, 4) is 0 Å². The summed E-state index contributed by atoms with van der Waals surface area (Å²) in [5, 5.41) is 2.31. The van der Waals surface area contributed by atoms with E-state index in [1.54, 1.807) is 0 Å². The predicted octanol–water partition coefficient (Wildman–Crippen LogP) is 4.10. The number of rotatable bonds is 2. The van der Waals surface area contributed by atoms with Crippen LogP contribution >= 0.6 is 0 Å². The maximum atomic E-state index is 6.13. The molecule has 1 heterocycles. The minimum Gasteiger partial charge on any atom is -0.397 e. The number of hydrogen-bond acceptors (Lipinski definition) is 2. The second kappa shape index (κ2) is 4.54. The first-order valence-corrected chi connectivity index (χ1v) is 6.83. The molecule has 19 heavy (non-hydrogen) atoms. The lowest BCUT2D eigenvalue weighted by Gasteiger charge is -2.08. The number of pyridine rings is 1. The molecule has 0 saturated carbocycles. The predicted molar refractivity (Wildman–Crippen MR) is 82.4 cm³/mol. The highest BCUT2D eigenvalue weighted by Gasteiger charge is 2.05. The number of aromatic nitrogens is 1. The van der Waals surface area contributed by atoms with Gasteiger partial charge < -0.3 is 5.73 Å². The Hall–Kier alpha value is -2.09. The summed E-state index contributed by atoms with van der Waals surface area (Å²) in [6, 6.07) is 12.9. The Labute approximate surface area is 113 Å². The summed E-state index contributed by atoms with van der Waals surface area (Å²) in [4.78, 5) is 4.74. The van der Waals surface area contributed by atoms with E-state index in [1.165, 1.54) is 16.5 Å². The number of aryl methyl sites for hydroxylation is 2. The maximum Gasteiger partial charge on any atom is 0.0939 e. The summed E-state index contributed by atoms with van der Waals surface area (Å²) < 4.78 is 0. The van der Waals surface area contributed by atoms with Crippen LogP contribution in [0.2, 0.25) is 0 Å². The summed E-state index contributed by atoms with van der Waals surface area (Å²) in [5.41, 5.74) is 11.4. The quantitative estimate of drug-likeness (QED) is 0.549. The second-order valence-corrected chi connectivity index (χ2v) is 4.98. The highest BCUT2D eigenvalue weighted by molar-refractivity contribution is 5.98. The van der Waals surface area contributed by atoms with Gasteiger partial charge in [-0.25, -0.2) is 4.98 Å². The first-order chi connectivity index (χ1) is 9.21. The molecule has 0 unspecified atom stereocenters. The average Bonchev–Trinajstić information content (AvgIpc) is 2.44. The van der Waals surface area contributed by atoms with Gasteiger partial charge in [0.25, 0.3) is 0 Å². The Morgan fingerprint density at radius 2 is 1.68 bits per heavy atom. The molecule has 2 nitrogen and oxygen atoms in total. The van der Waals surface area contributed by atoms with E-state index < -0.39 is 0 Å². The Kier molecular flexibility index (Phi) is 2.86. The zero-order chi connectivity index (χ0) is 13.4. The van der Waals surface area contributed by atoms with Crippen molar-refractivity contribution in [2.75, 3.05) is 5.73 Å². The number of nitrogens with zero attached hydrogens (tertiary/aromatic N) is 1. The number of anilines is 1. The molecular formula is C17H18N2. The number of hydrogen-bond donors (Lipinski definition) is 1. The van der Waals surface area contributed by atoms with Crippen LogP contribution in [-0.2, 0) is 12.8 Å². The minimum atomic E-state index is 0.776. The first kappa shape index (κ1) is 12.0. The Morgan fingerprint density at radius 1 is 0.895 bits per heavy atom. The molecule has 0 aliphatic heterocycles. The van der Waals surface area contributed by atoms with Gasteiger partial charge in [-0.15, -0.1) is 0 Å². The van der Waals surface area contributed by atoms with Crippen LogP contribution in [0.3, 0.4) is 0 Å². The van der Waals surface area contributed by atoms with Gasteiger partial charge in [-0.05, 0) is 48.2 Å². The van der Waals surface area contributed by atoms with Crippen molar-refractivity contribution >= 4 is 27.5 Å². The number of fused-ring (bicyclic) bond motifs is 2. The Bertz CT molecular complexity index is 760. The van der Waals surface area contributed by atoms with Crippen molar-refractivity contribution < 1.29 is 0 Å². The molecule has 0 atom stereocenters. The Morgan fingerprint density at radius 3 is 2.42 bits per heavy atom. The molecule has 0 fully saturated rings. The molecule has 0 aliphatic carbocycles. The molecule has 2 N–H and O–H groups in total. The van der Waals surface area contributed by atoms with Crippen LogP contribution in [0.1, 0.15) is 25.0 Å². The minimum absolute atomic E-state index is 0.776. The van der Waals surface area contributed by atoms with E-state index >= 15 is 0 Å². The van der Waals surface area contributed by atoms with Crippen LogP contribution in [0.5, 0.6) is 0 Å². The smallest absolute Gasteiger partial charge is 0.0939 e. The third kappa shape index (κ3) is 2.03. The van der Waals surface area contributed by atoms with Gasteiger partial charge in [-0.3, -0.25) is 0 Å². The third-order valence-corrected chi connectivity index (χ3v) is 3.68. The molecule has 3 rings (SSSR count). The van der Waals surface area contributed by atoms with Gasteiger partial charge >= 0.3 is 0 Å². The molecule has 0 aliphatic rings. The maximum absolute atomic E-state index is 6.13. The van der Waals surface area contributed by atoms with Crippen molar-refractivity contribution in [3.63, 3.8) is 0 Å². The van der Waals surface area contributed by atoms with Gasteiger partial charge in [-0.2, -0.15) is 0 Å². The first-order valence-electron chi connectivity index (χ1n) is 6.83. The molecule has 0 radical (unpaired) electrons. The van der Waals surface area contributed by atoms with Crippen LogP contribution in [0.25, 0.3) is 21.8 Å². The second-order valence-electron chi connectivity index (χ2n) is 4.98. The third-order valence-electron chi connectivity index (χ3n) is 3.68. The largest absolute Gasteiger partial charge is 0.397 e. The Balaban J connectivity index is 2.34. The number of benzene rings is 2. The molecular weight excluding hydrogens is 232 g/mol. The standard InChI is InChI=1S/C17H18N2/c1-3-11-5-6-13-10-14-7-12(4-2)8-15(18)17(14)19-16(13)9-11/h5-10H,3-4,18H2,1-2H3. The summed E-state index contributed by atoms with van der Waals surface area (Å²) in [7, 11) is 0. The van der Waals surface area contributed by atoms with E-state index in [0.717, 1.165) is 34.9 Å². The average molecular weight is 250 g/mol. The van der Waals surface area contributed by atoms with E-state index in [9.17, 15) is 0 Å². The van der Waals surface area contributed by atoms with E-state index in [-0.39, 0.29) is 0 Å². The van der Waals surface area contributed by atoms with E-state index in [1.807, 2.05) is 6.07 Å². The summed E-state index contributed by atoms with van der Waals surface area (Å²) in [6.07, 6.45) is 2.02. The summed E-state index contributed by atoms with van der Waals surface area (Å²) in [5.74, 6) is 0. The van der Waals surface area contributed by atoms with Crippen molar-refractivity contribution in [2.45, 2.75) is 26.7 Å². The van der Waals surface area contributed by atoms with Crippen LogP contribution in [0, 0.1) is 0 Å². The van der Waals surface area contributed by atoms with Crippen molar-refractivity contribution in [2.24, 2.45) is 0 Å².